The van der Waals surface area contributed by atoms with Gasteiger partial charge in [-0.1, -0.05) is 71.9 Å². The van der Waals surface area contributed by atoms with Gasteiger partial charge in [-0.2, -0.15) is 0 Å². The highest BCUT2D eigenvalue weighted by Gasteiger charge is 2.43. The molecule has 0 aliphatic heterocycles. The van der Waals surface area contributed by atoms with Crippen LogP contribution in [0.1, 0.15) is 85.1 Å². The number of esters is 2. The third-order valence-electron chi connectivity index (χ3n) is 5.68. The molecular weight excluding hydrogens is 416 g/mol. The molecule has 0 N–H and O–H groups in total. The van der Waals surface area contributed by atoms with E-state index in [9.17, 15) is 9.59 Å². The lowest BCUT2D eigenvalue weighted by molar-refractivity contribution is -0.164. The van der Waals surface area contributed by atoms with Gasteiger partial charge in [-0.25, -0.2) is 0 Å². The number of carbonyl (C=O) groups excluding carboxylic acids is 2. The summed E-state index contributed by atoms with van der Waals surface area (Å²) in [5.41, 5.74) is 0.735. The van der Waals surface area contributed by atoms with E-state index >= 15 is 0 Å². The maximum atomic E-state index is 13.7. The molecule has 0 aromatic heterocycles. The molecule has 0 spiro atoms. The summed E-state index contributed by atoms with van der Waals surface area (Å²) >= 11 is 0. The van der Waals surface area contributed by atoms with Crippen molar-refractivity contribution in [3.05, 3.63) is 59.2 Å². The van der Waals surface area contributed by atoms with Gasteiger partial charge in [-0.05, 0) is 42.4 Å². The van der Waals surface area contributed by atoms with E-state index in [4.69, 9.17) is 14.2 Å². The third kappa shape index (κ3) is 6.16. The fourth-order valence-corrected chi connectivity index (χ4v) is 3.70. The molecular formula is C28H38O5. The lowest BCUT2D eigenvalue weighted by Crippen LogP contribution is -2.38. The predicted octanol–water partition coefficient (Wildman–Crippen LogP) is 6.53. The van der Waals surface area contributed by atoms with E-state index < -0.39 is 23.5 Å². The summed E-state index contributed by atoms with van der Waals surface area (Å²) in [6, 6.07) is 13.1. The molecule has 1 atom stereocenters. The van der Waals surface area contributed by atoms with Crippen molar-refractivity contribution in [3.63, 3.8) is 0 Å². The van der Waals surface area contributed by atoms with Crippen LogP contribution in [0.5, 0.6) is 11.5 Å². The molecule has 2 aromatic rings. The van der Waals surface area contributed by atoms with E-state index in [2.05, 4.69) is 41.5 Å². The second kappa shape index (κ2) is 9.58. The van der Waals surface area contributed by atoms with E-state index in [1.165, 1.54) is 6.92 Å². The minimum absolute atomic E-state index is 0.303. The number of carbonyl (C=O) groups is 2. The first kappa shape index (κ1) is 26.4. The highest BCUT2D eigenvalue weighted by Crippen LogP contribution is 2.45. The van der Waals surface area contributed by atoms with E-state index in [0.717, 1.165) is 16.7 Å². The fourth-order valence-electron chi connectivity index (χ4n) is 3.70. The number of methoxy groups -OCH3 is 1. The van der Waals surface area contributed by atoms with Gasteiger partial charge < -0.3 is 14.2 Å². The van der Waals surface area contributed by atoms with Crippen LogP contribution >= 0.6 is 0 Å². The maximum Gasteiger partial charge on any atom is 0.321 e. The van der Waals surface area contributed by atoms with Gasteiger partial charge in [0.05, 0.1) is 7.11 Å². The quantitative estimate of drug-likeness (QED) is 0.367. The van der Waals surface area contributed by atoms with Gasteiger partial charge in [-0.3, -0.25) is 9.59 Å². The first-order chi connectivity index (χ1) is 15.1. The lowest BCUT2D eigenvalue weighted by atomic mass is 9.78. The maximum absolute atomic E-state index is 13.7. The molecule has 0 aliphatic rings. The van der Waals surface area contributed by atoms with Gasteiger partial charge in [0.1, 0.15) is 23.0 Å². The fraction of sp³-hybridized carbons (Fsp3) is 0.500. The smallest absolute Gasteiger partial charge is 0.321 e. The molecule has 0 saturated carbocycles. The Morgan fingerprint density at radius 3 is 1.70 bits per heavy atom. The standard InChI is InChI=1S/C28H38O5/c1-18(29)32-24(19-14-12-11-13-15-19)28(8,9)25(30)33-23-21(26(2,3)4)16-20(31-10)17-22(23)27(5,6)7/h11-17,24H,1-10H3/t24-/m1/s1. The topological polar surface area (TPSA) is 61.8 Å². The van der Waals surface area contributed by atoms with Crippen LogP contribution in [0, 0.1) is 5.41 Å². The number of rotatable bonds is 6. The summed E-state index contributed by atoms with van der Waals surface area (Å²) in [4.78, 5) is 25.6. The molecule has 0 aliphatic carbocycles. The lowest BCUT2D eigenvalue weighted by Gasteiger charge is -2.34. The van der Waals surface area contributed by atoms with Crippen molar-refractivity contribution in [1.82, 2.24) is 0 Å². The summed E-state index contributed by atoms with van der Waals surface area (Å²) in [5, 5.41) is 0. The highest BCUT2D eigenvalue weighted by atomic mass is 16.6. The molecule has 2 rings (SSSR count). The Balaban J connectivity index is 2.62. The Morgan fingerprint density at radius 1 is 0.818 bits per heavy atom. The number of hydrogen-bond donors (Lipinski definition) is 0. The Morgan fingerprint density at radius 2 is 1.30 bits per heavy atom. The van der Waals surface area contributed by atoms with E-state index in [0.29, 0.717) is 11.5 Å². The molecule has 180 valence electrons. The number of benzene rings is 2. The Hall–Kier alpha value is -2.82. The third-order valence-corrected chi connectivity index (χ3v) is 5.68. The largest absolute Gasteiger partial charge is 0.497 e. The van der Waals surface area contributed by atoms with Crippen LogP contribution in [0.4, 0.5) is 0 Å². The minimum Gasteiger partial charge on any atom is -0.497 e. The number of hydrogen-bond acceptors (Lipinski definition) is 5. The van der Waals surface area contributed by atoms with Crippen molar-refractivity contribution in [2.24, 2.45) is 5.41 Å². The van der Waals surface area contributed by atoms with Crippen LogP contribution < -0.4 is 9.47 Å². The zero-order chi connectivity index (χ0) is 25.2. The zero-order valence-corrected chi connectivity index (χ0v) is 21.7. The van der Waals surface area contributed by atoms with Gasteiger partial charge in [-0.15, -0.1) is 0 Å². The Bertz CT molecular complexity index is 956. The minimum atomic E-state index is -1.14. The van der Waals surface area contributed by atoms with E-state index in [-0.39, 0.29) is 10.8 Å². The van der Waals surface area contributed by atoms with Gasteiger partial charge in [0.2, 0.25) is 0 Å². The summed E-state index contributed by atoms with van der Waals surface area (Å²) in [5.74, 6) is 0.313. The second-order valence-corrected chi connectivity index (χ2v) is 11.1. The van der Waals surface area contributed by atoms with Gasteiger partial charge in [0, 0.05) is 18.1 Å². The van der Waals surface area contributed by atoms with Crippen molar-refractivity contribution in [3.8, 4) is 11.5 Å². The molecule has 0 heterocycles. The monoisotopic (exact) mass is 454 g/mol. The van der Waals surface area contributed by atoms with Crippen LogP contribution in [0.3, 0.4) is 0 Å². The summed E-state index contributed by atoms with van der Waals surface area (Å²) in [6.07, 6.45) is -0.793. The van der Waals surface area contributed by atoms with Crippen LogP contribution in [0.25, 0.3) is 0 Å². The average Bonchev–Trinajstić information content (AvgIpc) is 2.70. The van der Waals surface area contributed by atoms with Gasteiger partial charge in [0.15, 0.2) is 0 Å². The average molecular weight is 455 g/mol. The van der Waals surface area contributed by atoms with Crippen LogP contribution in [-0.4, -0.2) is 19.0 Å². The van der Waals surface area contributed by atoms with E-state index in [1.54, 1.807) is 21.0 Å². The Kier molecular flexibility index (Phi) is 7.67. The van der Waals surface area contributed by atoms with Crippen LogP contribution in [0.2, 0.25) is 0 Å². The van der Waals surface area contributed by atoms with Crippen molar-refractivity contribution < 1.29 is 23.8 Å². The first-order valence-electron chi connectivity index (χ1n) is 11.3. The molecule has 0 unspecified atom stereocenters. The van der Waals surface area contributed by atoms with Crippen molar-refractivity contribution in [1.29, 1.82) is 0 Å². The van der Waals surface area contributed by atoms with Gasteiger partial charge in [0.25, 0.3) is 0 Å². The molecule has 33 heavy (non-hydrogen) atoms. The molecule has 0 radical (unpaired) electrons. The summed E-state index contributed by atoms with van der Waals surface area (Å²) < 4.78 is 17.4. The summed E-state index contributed by atoms with van der Waals surface area (Å²) in [7, 11) is 1.63. The van der Waals surface area contributed by atoms with Crippen LogP contribution in [0.15, 0.2) is 42.5 Å². The molecule has 0 fully saturated rings. The molecule has 5 heteroatoms. The summed E-state index contributed by atoms with van der Waals surface area (Å²) in [6.45, 7) is 17.3. The molecule has 0 saturated heterocycles. The molecule has 2 aromatic carbocycles. The van der Waals surface area contributed by atoms with E-state index in [1.807, 2.05) is 42.5 Å². The molecule has 0 amide bonds. The highest BCUT2D eigenvalue weighted by molar-refractivity contribution is 5.81. The predicted molar refractivity (Wildman–Crippen MR) is 131 cm³/mol. The normalized spacial score (nSPS) is 13.3. The van der Waals surface area contributed by atoms with Crippen LogP contribution in [-0.2, 0) is 25.2 Å². The number of ether oxygens (including phenoxy) is 3. The van der Waals surface area contributed by atoms with Crippen molar-refractivity contribution in [2.75, 3.05) is 7.11 Å². The SMILES string of the molecule is COc1cc(C(C)(C)C)c(OC(=O)C(C)(C)[C@H](OC(C)=O)c2ccccc2)c(C(C)(C)C)c1. The molecule has 0 bridgehead atoms. The van der Waals surface area contributed by atoms with Gasteiger partial charge >= 0.3 is 11.9 Å². The zero-order valence-electron chi connectivity index (χ0n) is 21.7. The Labute approximate surface area is 198 Å². The van der Waals surface area contributed by atoms with Crippen molar-refractivity contribution >= 4 is 11.9 Å². The van der Waals surface area contributed by atoms with Crippen molar-refractivity contribution in [2.45, 2.75) is 79.2 Å². The molecule has 5 nitrogen and oxygen atoms in total. The second-order valence-electron chi connectivity index (χ2n) is 11.1. The first-order valence-corrected chi connectivity index (χ1v) is 11.3.